The standard InChI is InChI=1S/C7HClF4O2/c8-7(13)14-6-4(11)2(9)1-3(10)5(6)12/h1H. The first kappa shape index (κ1) is 10.8. The van der Waals surface area contributed by atoms with Gasteiger partial charge in [0.2, 0.25) is 17.4 Å². The molecule has 0 atom stereocenters. The van der Waals surface area contributed by atoms with Gasteiger partial charge in [0, 0.05) is 17.7 Å². The number of benzene rings is 1. The Kier molecular flexibility index (Phi) is 2.95. The second-order valence-electron chi connectivity index (χ2n) is 2.14. The summed E-state index contributed by atoms with van der Waals surface area (Å²) >= 11 is 4.62. The van der Waals surface area contributed by atoms with Crippen LogP contribution < -0.4 is 4.74 Å². The van der Waals surface area contributed by atoms with E-state index in [9.17, 15) is 22.4 Å². The number of halogens is 5. The van der Waals surface area contributed by atoms with Crippen molar-refractivity contribution in [1.82, 2.24) is 0 Å². The van der Waals surface area contributed by atoms with E-state index in [1.54, 1.807) is 0 Å². The van der Waals surface area contributed by atoms with Crippen LogP contribution in [0.3, 0.4) is 0 Å². The maximum atomic E-state index is 12.7. The van der Waals surface area contributed by atoms with Crippen molar-refractivity contribution in [2.45, 2.75) is 0 Å². The third-order valence-electron chi connectivity index (χ3n) is 1.25. The second-order valence-corrected chi connectivity index (χ2v) is 2.45. The Morgan fingerprint density at radius 3 is 1.93 bits per heavy atom. The minimum Gasteiger partial charge on any atom is -0.408 e. The van der Waals surface area contributed by atoms with E-state index < -0.39 is 34.4 Å². The van der Waals surface area contributed by atoms with Crippen molar-refractivity contribution < 1.29 is 27.1 Å². The molecule has 0 spiro atoms. The van der Waals surface area contributed by atoms with Crippen LogP contribution in [0.1, 0.15) is 0 Å². The average molecular weight is 229 g/mol. The molecular weight excluding hydrogens is 228 g/mol. The molecule has 0 bridgehead atoms. The van der Waals surface area contributed by atoms with Gasteiger partial charge in [0.05, 0.1) is 0 Å². The van der Waals surface area contributed by atoms with E-state index >= 15 is 0 Å². The molecule has 0 N–H and O–H groups in total. The van der Waals surface area contributed by atoms with Crippen LogP contribution in [-0.4, -0.2) is 5.43 Å². The number of carbonyl (C=O) groups excluding carboxylic acids is 1. The Morgan fingerprint density at radius 2 is 1.57 bits per heavy atom. The van der Waals surface area contributed by atoms with E-state index in [0.29, 0.717) is 0 Å². The molecule has 2 nitrogen and oxygen atoms in total. The summed E-state index contributed by atoms with van der Waals surface area (Å²) in [5, 5.41) is 0. The quantitative estimate of drug-likeness (QED) is 0.420. The molecule has 0 unspecified atom stereocenters. The van der Waals surface area contributed by atoms with Gasteiger partial charge in [-0.15, -0.1) is 0 Å². The van der Waals surface area contributed by atoms with E-state index in [2.05, 4.69) is 16.3 Å². The predicted octanol–water partition coefficient (Wildman–Crippen LogP) is 2.98. The van der Waals surface area contributed by atoms with Crippen LogP contribution in [0, 0.1) is 23.3 Å². The molecule has 1 rings (SSSR count). The molecule has 0 aliphatic rings. The predicted molar refractivity (Wildman–Crippen MR) is 38.2 cm³/mol. The van der Waals surface area contributed by atoms with Crippen molar-refractivity contribution in [3.05, 3.63) is 29.3 Å². The van der Waals surface area contributed by atoms with Gasteiger partial charge in [-0.1, -0.05) is 0 Å². The zero-order valence-electron chi connectivity index (χ0n) is 6.28. The highest BCUT2D eigenvalue weighted by molar-refractivity contribution is 6.61. The van der Waals surface area contributed by atoms with Crippen molar-refractivity contribution in [2.24, 2.45) is 0 Å². The number of rotatable bonds is 1. The van der Waals surface area contributed by atoms with Crippen molar-refractivity contribution in [3.8, 4) is 5.75 Å². The van der Waals surface area contributed by atoms with Crippen LogP contribution in [0.2, 0.25) is 0 Å². The topological polar surface area (TPSA) is 26.3 Å². The summed E-state index contributed by atoms with van der Waals surface area (Å²) in [6.45, 7) is 0. The molecule has 0 amide bonds. The summed E-state index contributed by atoms with van der Waals surface area (Å²) in [6.07, 6.45) is 0. The number of hydrogen-bond acceptors (Lipinski definition) is 2. The normalized spacial score (nSPS) is 10.1. The highest BCUT2D eigenvalue weighted by atomic mass is 35.5. The Morgan fingerprint density at radius 1 is 1.14 bits per heavy atom. The largest absolute Gasteiger partial charge is 0.409 e. The van der Waals surface area contributed by atoms with Gasteiger partial charge < -0.3 is 4.74 Å². The highest BCUT2D eigenvalue weighted by Gasteiger charge is 2.22. The van der Waals surface area contributed by atoms with Crippen LogP contribution in [0.15, 0.2) is 6.07 Å². The lowest BCUT2D eigenvalue weighted by atomic mass is 10.3. The lowest BCUT2D eigenvalue weighted by Crippen LogP contribution is -2.05. The summed E-state index contributed by atoms with van der Waals surface area (Å²) < 4.78 is 54.0. The van der Waals surface area contributed by atoms with Crippen molar-refractivity contribution in [1.29, 1.82) is 0 Å². The van der Waals surface area contributed by atoms with E-state index in [-0.39, 0.29) is 6.07 Å². The van der Waals surface area contributed by atoms with Gasteiger partial charge in [0.15, 0.2) is 11.6 Å². The molecule has 0 radical (unpaired) electrons. The Bertz CT molecular complexity index is 368. The monoisotopic (exact) mass is 228 g/mol. The molecule has 0 saturated carbocycles. The fourth-order valence-electron chi connectivity index (χ4n) is 0.721. The lowest BCUT2D eigenvalue weighted by molar-refractivity contribution is 0.219. The summed E-state index contributed by atoms with van der Waals surface area (Å²) in [5.74, 6) is -8.51. The van der Waals surface area contributed by atoms with E-state index in [1.165, 1.54) is 0 Å². The van der Waals surface area contributed by atoms with Gasteiger partial charge in [-0.2, -0.15) is 8.78 Å². The first-order valence-corrected chi connectivity index (χ1v) is 3.51. The molecule has 0 aliphatic heterocycles. The Labute approximate surface area is 80.0 Å². The molecule has 14 heavy (non-hydrogen) atoms. The fraction of sp³-hybridized carbons (Fsp3) is 0. The van der Waals surface area contributed by atoms with Gasteiger partial charge in [0.25, 0.3) is 0 Å². The fourth-order valence-corrected chi connectivity index (χ4v) is 0.798. The summed E-state index contributed by atoms with van der Waals surface area (Å²) in [4.78, 5) is 10.1. The SMILES string of the molecule is O=C(Cl)Oc1c(F)c(F)cc(F)c1F. The third kappa shape index (κ3) is 1.95. The molecule has 0 saturated heterocycles. The smallest absolute Gasteiger partial charge is 0.408 e. The maximum Gasteiger partial charge on any atom is 0.409 e. The molecule has 1 aromatic rings. The van der Waals surface area contributed by atoms with Gasteiger partial charge in [-0.05, 0) is 0 Å². The average Bonchev–Trinajstić information content (AvgIpc) is 2.09. The van der Waals surface area contributed by atoms with Gasteiger partial charge in [0.1, 0.15) is 0 Å². The first-order chi connectivity index (χ1) is 6.43. The van der Waals surface area contributed by atoms with Crippen LogP contribution in [0.5, 0.6) is 5.75 Å². The zero-order chi connectivity index (χ0) is 10.9. The molecule has 0 fully saturated rings. The van der Waals surface area contributed by atoms with Crippen LogP contribution >= 0.6 is 11.6 Å². The summed E-state index contributed by atoms with van der Waals surface area (Å²) in [7, 11) is 0. The van der Waals surface area contributed by atoms with Crippen molar-refractivity contribution >= 4 is 17.0 Å². The molecule has 0 aromatic heterocycles. The van der Waals surface area contributed by atoms with Gasteiger partial charge >= 0.3 is 5.43 Å². The minimum absolute atomic E-state index is 0.0176. The first-order valence-electron chi connectivity index (χ1n) is 3.13. The zero-order valence-corrected chi connectivity index (χ0v) is 7.04. The second kappa shape index (κ2) is 3.83. The van der Waals surface area contributed by atoms with Gasteiger partial charge in [-0.3, -0.25) is 0 Å². The minimum atomic E-state index is -1.82. The Balaban J connectivity index is 3.31. The highest BCUT2D eigenvalue weighted by Crippen LogP contribution is 2.26. The van der Waals surface area contributed by atoms with Crippen LogP contribution in [0.4, 0.5) is 22.4 Å². The van der Waals surface area contributed by atoms with E-state index in [4.69, 9.17) is 0 Å². The number of ether oxygens (including phenoxy) is 1. The van der Waals surface area contributed by atoms with Crippen molar-refractivity contribution in [2.75, 3.05) is 0 Å². The van der Waals surface area contributed by atoms with Crippen molar-refractivity contribution in [3.63, 3.8) is 0 Å². The molecule has 0 aliphatic carbocycles. The molecule has 1 aromatic carbocycles. The summed E-state index contributed by atoms with van der Waals surface area (Å²) in [5.41, 5.74) is -1.60. The number of hydrogen-bond donors (Lipinski definition) is 0. The van der Waals surface area contributed by atoms with Crippen LogP contribution in [0.25, 0.3) is 0 Å². The summed E-state index contributed by atoms with van der Waals surface area (Å²) in [6, 6.07) is -0.0176. The Hall–Kier alpha value is -1.30. The molecular formula is C7HClF4O2. The maximum absolute atomic E-state index is 12.7. The van der Waals surface area contributed by atoms with E-state index in [0.717, 1.165) is 0 Å². The van der Waals surface area contributed by atoms with Gasteiger partial charge in [-0.25, -0.2) is 13.6 Å². The van der Waals surface area contributed by atoms with E-state index in [1.807, 2.05) is 0 Å². The lowest BCUT2D eigenvalue weighted by Gasteiger charge is -2.04. The van der Waals surface area contributed by atoms with Crippen LogP contribution in [-0.2, 0) is 0 Å². The third-order valence-corrected chi connectivity index (χ3v) is 1.33. The molecule has 76 valence electrons. The molecule has 7 heteroatoms. The molecule has 0 heterocycles. The number of carbonyl (C=O) groups is 1.